The molecule has 0 spiro atoms. The summed E-state index contributed by atoms with van der Waals surface area (Å²) in [5.41, 5.74) is 2.18. The smallest absolute Gasteiger partial charge is 0.133 e. The summed E-state index contributed by atoms with van der Waals surface area (Å²) in [5, 5.41) is 3.33. The van der Waals surface area contributed by atoms with E-state index in [1.807, 2.05) is 13.8 Å². The molecular formula is C12H21N3O. The zero-order valence-corrected chi connectivity index (χ0v) is 10.6. The Hall–Kier alpha value is -1.16. The first-order chi connectivity index (χ1) is 7.69. The van der Waals surface area contributed by atoms with Gasteiger partial charge in [0.05, 0.1) is 6.61 Å². The number of aryl methyl sites for hydroxylation is 1. The van der Waals surface area contributed by atoms with Crippen molar-refractivity contribution in [1.82, 2.24) is 9.97 Å². The second kappa shape index (κ2) is 6.43. The molecule has 1 N–H and O–H groups in total. The molecule has 0 aromatic carbocycles. The molecule has 0 aliphatic carbocycles. The van der Waals surface area contributed by atoms with Crippen molar-refractivity contribution in [3.8, 4) is 0 Å². The summed E-state index contributed by atoms with van der Waals surface area (Å²) in [6, 6.07) is 0. The van der Waals surface area contributed by atoms with E-state index in [-0.39, 0.29) is 0 Å². The Morgan fingerprint density at radius 2 is 2.00 bits per heavy atom. The van der Waals surface area contributed by atoms with Gasteiger partial charge in [-0.3, -0.25) is 0 Å². The van der Waals surface area contributed by atoms with E-state index in [4.69, 9.17) is 4.74 Å². The van der Waals surface area contributed by atoms with Crippen LogP contribution in [0.25, 0.3) is 0 Å². The van der Waals surface area contributed by atoms with Crippen molar-refractivity contribution in [1.29, 1.82) is 0 Å². The Kier molecular flexibility index (Phi) is 5.19. The van der Waals surface area contributed by atoms with Gasteiger partial charge in [0.25, 0.3) is 0 Å². The molecule has 1 aromatic heterocycles. The maximum Gasteiger partial charge on any atom is 0.133 e. The minimum Gasteiger partial charge on any atom is -0.384 e. The standard InChI is InChI=1S/C12H21N3O/c1-5-7-13-12-9(2)10(3)14-11(15-12)6-8-16-4/h5-8H2,1-4H3,(H,13,14,15). The molecule has 4 heteroatoms. The lowest BCUT2D eigenvalue weighted by atomic mass is 10.2. The Balaban J connectivity index is 2.83. The fraction of sp³-hybridized carbons (Fsp3) is 0.667. The van der Waals surface area contributed by atoms with Crippen molar-refractivity contribution < 1.29 is 4.74 Å². The van der Waals surface area contributed by atoms with Gasteiger partial charge in [0.15, 0.2) is 0 Å². The van der Waals surface area contributed by atoms with E-state index in [1.54, 1.807) is 7.11 Å². The predicted octanol–water partition coefficient (Wildman–Crippen LogP) is 2.10. The van der Waals surface area contributed by atoms with Gasteiger partial charge in [-0.05, 0) is 20.3 Å². The number of hydrogen-bond acceptors (Lipinski definition) is 4. The molecule has 0 aliphatic heterocycles. The quantitative estimate of drug-likeness (QED) is 0.802. The number of anilines is 1. The summed E-state index contributed by atoms with van der Waals surface area (Å²) in [4.78, 5) is 8.95. The van der Waals surface area contributed by atoms with Crippen molar-refractivity contribution in [2.24, 2.45) is 0 Å². The zero-order valence-electron chi connectivity index (χ0n) is 10.6. The average molecular weight is 223 g/mol. The molecule has 0 saturated carbocycles. The van der Waals surface area contributed by atoms with Gasteiger partial charge in [-0.2, -0.15) is 0 Å². The van der Waals surface area contributed by atoms with E-state index in [0.29, 0.717) is 6.61 Å². The van der Waals surface area contributed by atoms with Gasteiger partial charge in [-0.15, -0.1) is 0 Å². The van der Waals surface area contributed by atoms with Crippen molar-refractivity contribution in [2.45, 2.75) is 33.6 Å². The van der Waals surface area contributed by atoms with Crippen LogP contribution in [0.15, 0.2) is 0 Å². The van der Waals surface area contributed by atoms with Crippen molar-refractivity contribution in [3.05, 3.63) is 17.1 Å². The highest BCUT2D eigenvalue weighted by Gasteiger charge is 2.07. The van der Waals surface area contributed by atoms with Gasteiger partial charge in [-0.25, -0.2) is 9.97 Å². The summed E-state index contributed by atoms with van der Waals surface area (Å²) in [5.74, 6) is 1.81. The van der Waals surface area contributed by atoms with Crippen LogP contribution in [-0.2, 0) is 11.2 Å². The maximum absolute atomic E-state index is 5.04. The minimum absolute atomic E-state index is 0.662. The summed E-state index contributed by atoms with van der Waals surface area (Å²) < 4.78 is 5.04. The highest BCUT2D eigenvalue weighted by atomic mass is 16.5. The number of ether oxygens (including phenoxy) is 1. The third-order valence-electron chi connectivity index (χ3n) is 2.51. The number of aromatic nitrogens is 2. The topological polar surface area (TPSA) is 47.0 Å². The third-order valence-corrected chi connectivity index (χ3v) is 2.51. The second-order valence-corrected chi connectivity index (χ2v) is 3.87. The summed E-state index contributed by atoms with van der Waals surface area (Å²) in [7, 11) is 1.69. The molecular weight excluding hydrogens is 202 g/mol. The highest BCUT2D eigenvalue weighted by molar-refractivity contribution is 5.45. The molecule has 0 radical (unpaired) electrons. The van der Waals surface area contributed by atoms with Crippen LogP contribution in [0.4, 0.5) is 5.82 Å². The van der Waals surface area contributed by atoms with E-state index >= 15 is 0 Å². The largest absolute Gasteiger partial charge is 0.384 e. The van der Waals surface area contributed by atoms with E-state index in [0.717, 1.165) is 42.3 Å². The van der Waals surface area contributed by atoms with Crippen molar-refractivity contribution >= 4 is 5.82 Å². The molecule has 0 fully saturated rings. The van der Waals surface area contributed by atoms with Crippen LogP contribution < -0.4 is 5.32 Å². The molecule has 0 aliphatic rings. The predicted molar refractivity (Wildman–Crippen MR) is 65.9 cm³/mol. The first-order valence-electron chi connectivity index (χ1n) is 5.76. The van der Waals surface area contributed by atoms with Gasteiger partial charge < -0.3 is 10.1 Å². The van der Waals surface area contributed by atoms with Crippen LogP contribution in [0.2, 0.25) is 0 Å². The average Bonchev–Trinajstić information content (AvgIpc) is 2.28. The van der Waals surface area contributed by atoms with Crippen molar-refractivity contribution in [3.63, 3.8) is 0 Å². The van der Waals surface area contributed by atoms with Crippen molar-refractivity contribution in [2.75, 3.05) is 25.6 Å². The molecule has 0 amide bonds. The first-order valence-corrected chi connectivity index (χ1v) is 5.76. The molecule has 0 bridgehead atoms. The molecule has 1 heterocycles. The maximum atomic E-state index is 5.04. The van der Waals surface area contributed by atoms with E-state index in [2.05, 4.69) is 22.2 Å². The zero-order chi connectivity index (χ0) is 12.0. The number of hydrogen-bond donors (Lipinski definition) is 1. The Bertz CT molecular complexity index is 339. The fourth-order valence-electron chi connectivity index (χ4n) is 1.41. The molecule has 1 aromatic rings. The number of nitrogens with zero attached hydrogens (tertiary/aromatic N) is 2. The van der Waals surface area contributed by atoms with Crippen LogP contribution in [-0.4, -0.2) is 30.2 Å². The number of rotatable bonds is 6. The lowest BCUT2D eigenvalue weighted by Crippen LogP contribution is -2.10. The normalized spacial score (nSPS) is 10.5. The molecule has 90 valence electrons. The fourth-order valence-corrected chi connectivity index (χ4v) is 1.41. The molecule has 0 saturated heterocycles. The molecule has 16 heavy (non-hydrogen) atoms. The number of nitrogens with one attached hydrogen (secondary N) is 1. The van der Waals surface area contributed by atoms with E-state index < -0.39 is 0 Å². The van der Waals surface area contributed by atoms with E-state index in [9.17, 15) is 0 Å². The lowest BCUT2D eigenvalue weighted by Gasteiger charge is -2.11. The van der Waals surface area contributed by atoms with Gasteiger partial charge in [0.1, 0.15) is 11.6 Å². The van der Waals surface area contributed by atoms with Crippen LogP contribution in [0.1, 0.15) is 30.4 Å². The van der Waals surface area contributed by atoms with Gasteiger partial charge >= 0.3 is 0 Å². The second-order valence-electron chi connectivity index (χ2n) is 3.87. The Labute approximate surface area is 97.5 Å². The van der Waals surface area contributed by atoms with Crippen LogP contribution in [0.5, 0.6) is 0 Å². The lowest BCUT2D eigenvalue weighted by molar-refractivity contribution is 0.200. The van der Waals surface area contributed by atoms with Gasteiger partial charge in [-0.1, -0.05) is 6.92 Å². The molecule has 4 nitrogen and oxygen atoms in total. The molecule has 0 unspecified atom stereocenters. The Morgan fingerprint density at radius 1 is 1.25 bits per heavy atom. The SMILES string of the molecule is CCCNc1nc(CCOC)nc(C)c1C. The molecule has 0 atom stereocenters. The Morgan fingerprint density at radius 3 is 2.62 bits per heavy atom. The minimum atomic E-state index is 0.662. The van der Waals surface area contributed by atoms with Crippen LogP contribution in [0.3, 0.4) is 0 Å². The summed E-state index contributed by atoms with van der Waals surface area (Å²) in [6.45, 7) is 7.82. The van der Waals surface area contributed by atoms with Gasteiger partial charge in [0.2, 0.25) is 0 Å². The highest BCUT2D eigenvalue weighted by Crippen LogP contribution is 2.14. The third kappa shape index (κ3) is 3.45. The first kappa shape index (κ1) is 12.9. The summed E-state index contributed by atoms with van der Waals surface area (Å²) in [6.07, 6.45) is 1.86. The van der Waals surface area contributed by atoms with E-state index in [1.165, 1.54) is 0 Å². The van der Waals surface area contributed by atoms with Crippen LogP contribution >= 0.6 is 0 Å². The van der Waals surface area contributed by atoms with Crippen LogP contribution in [0, 0.1) is 13.8 Å². The number of methoxy groups -OCH3 is 1. The summed E-state index contributed by atoms with van der Waals surface area (Å²) >= 11 is 0. The molecule has 1 rings (SSSR count). The van der Waals surface area contributed by atoms with Gasteiger partial charge in [0, 0.05) is 31.3 Å². The monoisotopic (exact) mass is 223 g/mol.